The quantitative estimate of drug-likeness (QED) is 0.534. The van der Waals surface area contributed by atoms with Crippen LogP contribution in [-0.4, -0.2) is 24.1 Å². The van der Waals surface area contributed by atoms with Crippen LogP contribution in [0.25, 0.3) is 11.3 Å². The van der Waals surface area contributed by atoms with E-state index in [0.29, 0.717) is 17.5 Å². The topological polar surface area (TPSA) is 60.5 Å². The van der Waals surface area contributed by atoms with Crippen LogP contribution in [0, 0.1) is 6.92 Å². The van der Waals surface area contributed by atoms with Crippen molar-refractivity contribution in [2.24, 2.45) is 0 Å². The minimum absolute atomic E-state index is 0.0779. The third-order valence-corrected chi connectivity index (χ3v) is 5.36. The first-order chi connectivity index (χ1) is 13.1. The lowest BCUT2D eigenvalue weighted by molar-refractivity contribution is -0.118. The summed E-state index contributed by atoms with van der Waals surface area (Å²) < 4.78 is 12.2. The number of halogens is 1. The first-order valence-electron chi connectivity index (χ1n) is 8.43. The van der Waals surface area contributed by atoms with Gasteiger partial charge in [-0.05, 0) is 49.7 Å². The van der Waals surface area contributed by atoms with Gasteiger partial charge in [-0.3, -0.25) is 10.1 Å². The van der Waals surface area contributed by atoms with Gasteiger partial charge in [0.1, 0.15) is 11.5 Å². The van der Waals surface area contributed by atoms with E-state index < -0.39 is 0 Å². The van der Waals surface area contributed by atoms with E-state index in [2.05, 4.69) is 26.2 Å². The van der Waals surface area contributed by atoms with Gasteiger partial charge in [-0.15, -0.1) is 11.3 Å². The lowest BCUT2D eigenvalue weighted by Crippen LogP contribution is -2.20. The molecule has 3 aromatic rings. The van der Waals surface area contributed by atoms with Crippen LogP contribution in [0.1, 0.15) is 12.5 Å². The van der Waals surface area contributed by atoms with E-state index in [9.17, 15) is 4.79 Å². The van der Waals surface area contributed by atoms with Gasteiger partial charge in [-0.25, -0.2) is 4.98 Å². The summed E-state index contributed by atoms with van der Waals surface area (Å²) in [5.74, 6) is 1.17. The second kappa shape index (κ2) is 9.01. The molecule has 1 amide bonds. The molecule has 0 spiro atoms. The zero-order valence-corrected chi connectivity index (χ0v) is 17.4. The van der Waals surface area contributed by atoms with Gasteiger partial charge in [0.25, 0.3) is 5.91 Å². The fourth-order valence-corrected chi connectivity index (χ4v) is 3.40. The molecule has 0 atom stereocenters. The highest BCUT2D eigenvalue weighted by atomic mass is 79.9. The molecule has 0 saturated carbocycles. The van der Waals surface area contributed by atoms with Crippen molar-refractivity contribution in [2.45, 2.75) is 13.8 Å². The summed E-state index contributed by atoms with van der Waals surface area (Å²) >= 11 is 4.80. The summed E-state index contributed by atoms with van der Waals surface area (Å²) in [6, 6.07) is 13.3. The molecule has 1 heterocycles. The van der Waals surface area contributed by atoms with E-state index in [4.69, 9.17) is 9.47 Å². The maximum atomic E-state index is 12.1. The van der Waals surface area contributed by atoms with Crippen molar-refractivity contribution in [3.05, 3.63) is 57.9 Å². The molecule has 27 heavy (non-hydrogen) atoms. The highest BCUT2D eigenvalue weighted by Gasteiger charge is 2.12. The molecular weight excluding hydrogens is 428 g/mol. The van der Waals surface area contributed by atoms with Crippen LogP contribution in [0.4, 0.5) is 5.13 Å². The number of hydrogen-bond donors (Lipinski definition) is 1. The molecule has 3 rings (SSSR count). The fraction of sp³-hybridized carbons (Fsp3) is 0.200. The zero-order chi connectivity index (χ0) is 19.2. The highest BCUT2D eigenvalue weighted by Crippen LogP contribution is 2.32. The van der Waals surface area contributed by atoms with Gasteiger partial charge in [-0.2, -0.15) is 0 Å². The van der Waals surface area contributed by atoms with E-state index in [-0.39, 0.29) is 12.5 Å². The molecule has 0 saturated heterocycles. The Bertz CT molecular complexity index is 942. The van der Waals surface area contributed by atoms with Crippen LogP contribution in [0.15, 0.2) is 52.3 Å². The zero-order valence-electron chi connectivity index (χ0n) is 15.0. The Morgan fingerprint density at radius 3 is 2.81 bits per heavy atom. The van der Waals surface area contributed by atoms with E-state index in [1.165, 1.54) is 11.3 Å². The lowest BCUT2D eigenvalue weighted by Gasteiger charge is -2.08. The van der Waals surface area contributed by atoms with Crippen LogP contribution in [0.2, 0.25) is 0 Å². The van der Waals surface area contributed by atoms with Crippen molar-refractivity contribution in [1.29, 1.82) is 0 Å². The fourth-order valence-electron chi connectivity index (χ4n) is 2.43. The first kappa shape index (κ1) is 19.4. The molecule has 0 radical (unpaired) electrons. The van der Waals surface area contributed by atoms with E-state index in [1.807, 2.05) is 61.7 Å². The second-order valence-electron chi connectivity index (χ2n) is 5.71. The van der Waals surface area contributed by atoms with Gasteiger partial charge >= 0.3 is 0 Å². The minimum atomic E-state index is -0.255. The number of aryl methyl sites for hydroxylation is 1. The molecule has 7 heteroatoms. The molecule has 2 aromatic carbocycles. The molecule has 0 unspecified atom stereocenters. The van der Waals surface area contributed by atoms with Crippen LogP contribution >= 0.6 is 27.3 Å². The van der Waals surface area contributed by atoms with Crippen LogP contribution in [0.5, 0.6) is 11.5 Å². The van der Waals surface area contributed by atoms with Gasteiger partial charge in [0.15, 0.2) is 11.7 Å². The third-order valence-electron chi connectivity index (χ3n) is 3.71. The summed E-state index contributed by atoms with van der Waals surface area (Å²) in [7, 11) is 0. The minimum Gasteiger partial charge on any atom is -0.493 e. The number of aromatic nitrogens is 1. The van der Waals surface area contributed by atoms with Gasteiger partial charge in [0.05, 0.1) is 12.3 Å². The van der Waals surface area contributed by atoms with Crippen molar-refractivity contribution in [2.75, 3.05) is 18.5 Å². The molecular formula is C20H19BrN2O3S. The number of nitrogens with one attached hydrogen (secondary N) is 1. The summed E-state index contributed by atoms with van der Waals surface area (Å²) in [6.45, 7) is 4.41. The Labute approximate surface area is 170 Å². The van der Waals surface area contributed by atoms with Gasteiger partial charge < -0.3 is 9.47 Å². The average Bonchev–Trinajstić information content (AvgIpc) is 3.11. The van der Waals surface area contributed by atoms with Crippen LogP contribution in [0.3, 0.4) is 0 Å². The molecule has 0 bridgehead atoms. The standard InChI is InChI=1S/C20H19BrN2O3S/c1-3-25-18-7-5-4-6-15(18)17-12-27-20(22-17)23-19(24)11-26-14-8-9-16(21)13(2)10-14/h4-10,12H,3,11H2,1-2H3,(H,22,23,24). The molecule has 0 aliphatic heterocycles. The SMILES string of the molecule is CCOc1ccccc1-c1csc(NC(=O)COc2ccc(Br)c(C)c2)n1. The Kier molecular flexibility index (Phi) is 6.47. The first-order valence-corrected chi connectivity index (χ1v) is 10.1. The molecule has 0 fully saturated rings. The van der Waals surface area contributed by atoms with E-state index in [1.54, 1.807) is 0 Å². The number of carbonyl (C=O) groups is 1. The molecule has 1 N–H and O–H groups in total. The number of carbonyl (C=O) groups excluding carboxylic acids is 1. The number of amides is 1. The molecule has 5 nitrogen and oxygen atoms in total. The summed E-state index contributed by atoms with van der Waals surface area (Å²) in [5, 5.41) is 5.19. The van der Waals surface area contributed by atoms with Gasteiger partial charge in [0.2, 0.25) is 0 Å². The number of rotatable bonds is 7. The Morgan fingerprint density at radius 1 is 1.22 bits per heavy atom. The smallest absolute Gasteiger partial charge is 0.264 e. The Balaban J connectivity index is 1.62. The van der Waals surface area contributed by atoms with E-state index in [0.717, 1.165) is 27.0 Å². The lowest BCUT2D eigenvalue weighted by atomic mass is 10.1. The predicted octanol–water partition coefficient (Wildman–Crippen LogP) is 5.30. The number of benzene rings is 2. The largest absolute Gasteiger partial charge is 0.493 e. The molecule has 140 valence electrons. The maximum Gasteiger partial charge on any atom is 0.264 e. The third kappa shape index (κ3) is 5.08. The molecule has 0 aliphatic carbocycles. The number of para-hydroxylation sites is 1. The van der Waals surface area contributed by atoms with Gasteiger partial charge in [0, 0.05) is 15.4 Å². The van der Waals surface area contributed by atoms with Crippen molar-refractivity contribution < 1.29 is 14.3 Å². The van der Waals surface area contributed by atoms with Crippen molar-refractivity contribution in [1.82, 2.24) is 4.98 Å². The highest BCUT2D eigenvalue weighted by molar-refractivity contribution is 9.10. The molecule has 0 aliphatic rings. The second-order valence-corrected chi connectivity index (χ2v) is 7.43. The average molecular weight is 447 g/mol. The number of anilines is 1. The Morgan fingerprint density at radius 2 is 2.04 bits per heavy atom. The maximum absolute atomic E-state index is 12.1. The predicted molar refractivity (Wildman–Crippen MR) is 112 cm³/mol. The number of thiazole rings is 1. The van der Waals surface area contributed by atoms with Crippen molar-refractivity contribution in [3.63, 3.8) is 0 Å². The van der Waals surface area contributed by atoms with Crippen LogP contribution < -0.4 is 14.8 Å². The number of nitrogens with zero attached hydrogens (tertiary/aromatic N) is 1. The summed E-state index contributed by atoms with van der Waals surface area (Å²) in [4.78, 5) is 16.6. The molecule has 1 aromatic heterocycles. The van der Waals surface area contributed by atoms with E-state index >= 15 is 0 Å². The normalized spacial score (nSPS) is 10.5. The summed E-state index contributed by atoms with van der Waals surface area (Å²) in [5.41, 5.74) is 2.71. The Hall–Kier alpha value is -2.38. The monoisotopic (exact) mass is 446 g/mol. The van der Waals surface area contributed by atoms with Crippen LogP contribution in [-0.2, 0) is 4.79 Å². The van der Waals surface area contributed by atoms with Gasteiger partial charge in [-0.1, -0.05) is 28.1 Å². The van der Waals surface area contributed by atoms with Crippen molar-refractivity contribution >= 4 is 38.3 Å². The number of hydrogen-bond acceptors (Lipinski definition) is 5. The number of ether oxygens (including phenoxy) is 2. The summed E-state index contributed by atoms with van der Waals surface area (Å²) in [6.07, 6.45) is 0. The van der Waals surface area contributed by atoms with Crippen molar-refractivity contribution in [3.8, 4) is 22.8 Å².